The third kappa shape index (κ3) is 4.92. The number of anilines is 1. The zero-order valence-corrected chi connectivity index (χ0v) is 13.9. The minimum atomic E-state index is -4.60. The number of benzene rings is 2. The van der Waals surface area contributed by atoms with Crippen LogP contribution in [0.1, 0.15) is 5.56 Å². The molecule has 2 aromatic carbocycles. The largest absolute Gasteiger partial charge is 0.483 e. The first-order valence-corrected chi connectivity index (χ1v) is 7.50. The number of ether oxygens (including phenoxy) is 1. The zero-order valence-electron chi connectivity index (χ0n) is 12.3. The van der Waals surface area contributed by atoms with E-state index in [1.165, 1.54) is 30.3 Å². The van der Waals surface area contributed by atoms with Crippen LogP contribution < -0.4 is 10.1 Å². The van der Waals surface area contributed by atoms with Gasteiger partial charge in [-0.2, -0.15) is 13.2 Å². The average Bonchev–Trinajstić information content (AvgIpc) is 2.54. The van der Waals surface area contributed by atoms with E-state index in [2.05, 4.69) is 21.2 Å². The normalized spacial score (nSPS) is 11.0. The number of halogens is 4. The molecule has 0 aliphatic heterocycles. The molecular formula is C15H10BrF3N2O4. The first-order chi connectivity index (χ1) is 11.7. The van der Waals surface area contributed by atoms with E-state index in [4.69, 9.17) is 4.74 Å². The quantitative estimate of drug-likeness (QED) is 0.576. The lowest BCUT2D eigenvalue weighted by Gasteiger charge is -2.13. The van der Waals surface area contributed by atoms with E-state index in [0.29, 0.717) is 0 Å². The van der Waals surface area contributed by atoms with Crippen molar-refractivity contribution in [2.75, 3.05) is 11.9 Å². The second-order valence-corrected chi connectivity index (χ2v) is 5.61. The second-order valence-electron chi connectivity index (χ2n) is 4.75. The summed E-state index contributed by atoms with van der Waals surface area (Å²) in [5.74, 6) is -1.18. The molecule has 0 radical (unpaired) electrons. The van der Waals surface area contributed by atoms with Crippen molar-refractivity contribution in [2.45, 2.75) is 6.18 Å². The SMILES string of the molecule is O=C(COc1ccccc1C(F)(F)F)Nc1ccc([N+](=O)[O-])cc1Br. The number of carbonyl (C=O) groups is 1. The molecule has 0 spiro atoms. The number of rotatable bonds is 5. The molecule has 0 aliphatic carbocycles. The van der Waals surface area contributed by atoms with E-state index in [9.17, 15) is 28.1 Å². The number of nitrogens with one attached hydrogen (secondary N) is 1. The van der Waals surface area contributed by atoms with Crippen LogP contribution in [0.2, 0.25) is 0 Å². The number of carbonyl (C=O) groups excluding carboxylic acids is 1. The van der Waals surface area contributed by atoms with Crippen LogP contribution in [0.4, 0.5) is 24.5 Å². The van der Waals surface area contributed by atoms with E-state index < -0.39 is 34.9 Å². The fraction of sp³-hybridized carbons (Fsp3) is 0.133. The van der Waals surface area contributed by atoms with Gasteiger partial charge in [-0.3, -0.25) is 14.9 Å². The first kappa shape index (κ1) is 18.7. The summed E-state index contributed by atoms with van der Waals surface area (Å²) in [6, 6.07) is 8.19. The number of alkyl halides is 3. The van der Waals surface area contributed by atoms with Crippen LogP contribution in [0.3, 0.4) is 0 Å². The summed E-state index contributed by atoms with van der Waals surface area (Å²) in [5.41, 5.74) is -0.942. The highest BCUT2D eigenvalue weighted by Gasteiger charge is 2.34. The molecule has 6 nitrogen and oxygen atoms in total. The Balaban J connectivity index is 2.04. The van der Waals surface area contributed by atoms with Crippen LogP contribution >= 0.6 is 15.9 Å². The van der Waals surface area contributed by atoms with Crippen molar-refractivity contribution in [3.63, 3.8) is 0 Å². The van der Waals surface area contributed by atoms with Gasteiger partial charge >= 0.3 is 6.18 Å². The highest BCUT2D eigenvalue weighted by atomic mass is 79.9. The molecule has 0 aromatic heterocycles. The lowest BCUT2D eigenvalue weighted by molar-refractivity contribution is -0.384. The highest BCUT2D eigenvalue weighted by molar-refractivity contribution is 9.10. The minimum absolute atomic E-state index is 0.180. The van der Waals surface area contributed by atoms with Crippen LogP contribution in [0.5, 0.6) is 5.75 Å². The van der Waals surface area contributed by atoms with Crippen molar-refractivity contribution in [3.8, 4) is 5.75 Å². The summed E-state index contributed by atoms with van der Waals surface area (Å²) in [7, 11) is 0. The van der Waals surface area contributed by atoms with Crippen LogP contribution in [-0.4, -0.2) is 17.4 Å². The lowest BCUT2D eigenvalue weighted by atomic mass is 10.2. The second kappa shape index (κ2) is 7.51. The predicted octanol–water partition coefficient (Wildman–Crippen LogP) is 4.39. The molecule has 10 heteroatoms. The zero-order chi connectivity index (χ0) is 18.6. The third-order valence-corrected chi connectivity index (χ3v) is 3.64. The summed E-state index contributed by atoms with van der Waals surface area (Å²) in [4.78, 5) is 21.9. The predicted molar refractivity (Wildman–Crippen MR) is 86.4 cm³/mol. The number of hydrogen-bond acceptors (Lipinski definition) is 4. The van der Waals surface area contributed by atoms with Crippen molar-refractivity contribution in [3.05, 3.63) is 62.6 Å². The van der Waals surface area contributed by atoms with Gasteiger partial charge in [-0.05, 0) is 34.1 Å². The maximum absolute atomic E-state index is 12.8. The molecule has 0 atom stereocenters. The van der Waals surface area contributed by atoms with Crippen LogP contribution in [-0.2, 0) is 11.0 Å². The van der Waals surface area contributed by atoms with Gasteiger partial charge in [0.15, 0.2) is 6.61 Å². The Labute approximate surface area is 147 Å². The number of nitro benzene ring substituents is 1. The van der Waals surface area contributed by atoms with Gasteiger partial charge in [0, 0.05) is 16.6 Å². The molecule has 132 valence electrons. The topological polar surface area (TPSA) is 81.5 Å². The molecule has 0 aliphatic rings. The van der Waals surface area contributed by atoms with Gasteiger partial charge in [-0.25, -0.2) is 0 Å². The van der Waals surface area contributed by atoms with E-state index in [1.54, 1.807) is 0 Å². The van der Waals surface area contributed by atoms with Gasteiger partial charge in [0.05, 0.1) is 16.2 Å². The highest BCUT2D eigenvalue weighted by Crippen LogP contribution is 2.35. The van der Waals surface area contributed by atoms with Crippen molar-refractivity contribution in [1.82, 2.24) is 0 Å². The fourth-order valence-corrected chi connectivity index (χ4v) is 2.34. The fourth-order valence-electron chi connectivity index (χ4n) is 1.88. The summed E-state index contributed by atoms with van der Waals surface area (Å²) in [6.45, 7) is -0.656. The number of para-hydroxylation sites is 1. The van der Waals surface area contributed by atoms with E-state index in [1.807, 2.05) is 0 Å². The van der Waals surface area contributed by atoms with E-state index >= 15 is 0 Å². The molecule has 1 amide bonds. The standard InChI is InChI=1S/C15H10BrF3N2O4/c16-11-7-9(21(23)24)5-6-12(11)20-14(22)8-25-13-4-2-1-3-10(13)15(17,18)19/h1-7H,8H2,(H,20,22). The Bertz CT molecular complexity index is 812. The Morgan fingerprint density at radius 1 is 1.24 bits per heavy atom. The lowest BCUT2D eigenvalue weighted by Crippen LogP contribution is -2.21. The molecule has 2 rings (SSSR count). The number of nitrogens with zero attached hydrogens (tertiary/aromatic N) is 1. The van der Waals surface area contributed by atoms with Crippen molar-refractivity contribution in [1.29, 1.82) is 0 Å². The number of non-ortho nitro benzene ring substituents is 1. The van der Waals surface area contributed by atoms with Crippen LogP contribution in [0.25, 0.3) is 0 Å². The van der Waals surface area contributed by atoms with Gasteiger partial charge in [0.25, 0.3) is 11.6 Å². The van der Waals surface area contributed by atoms with Crippen molar-refractivity contribution < 1.29 is 27.6 Å². The van der Waals surface area contributed by atoms with Gasteiger partial charge in [-0.15, -0.1) is 0 Å². The Morgan fingerprint density at radius 2 is 1.92 bits per heavy atom. The first-order valence-electron chi connectivity index (χ1n) is 6.71. The van der Waals surface area contributed by atoms with E-state index in [-0.39, 0.29) is 15.8 Å². The summed E-state index contributed by atoms with van der Waals surface area (Å²) >= 11 is 3.07. The van der Waals surface area contributed by atoms with Crippen LogP contribution in [0, 0.1) is 10.1 Å². The monoisotopic (exact) mass is 418 g/mol. The molecule has 0 saturated heterocycles. The summed E-state index contributed by atoms with van der Waals surface area (Å²) in [6.07, 6.45) is -4.60. The Kier molecular flexibility index (Phi) is 5.62. The molecule has 1 N–H and O–H groups in total. The van der Waals surface area contributed by atoms with Crippen molar-refractivity contribution in [2.24, 2.45) is 0 Å². The molecule has 0 unspecified atom stereocenters. The molecule has 0 saturated carbocycles. The van der Waals surface area contributed by atoms with Gasteiger partial charge in [0.2, 0.25) is 0 Å². The maximum atomic E-state index is 12.8. The molecular weight excluding hydrogens is 409 g/mol. The molecule has 0 fully saturated rings. The molecule has 0 heterocycles. The Morgan fingerprint density at radius 3 is 2.52 bits per heavy atom. The minimum Gasteiger partial charge on any atom is -0.483 e. The Hall–Kier alpha value is -2.62. The molecule has 2 aromatic rings. The average molecular weight is 419 g/mol. The smallest absolute Gasteiger partial charge is 0.419 e. The number of hydrogen-bond donors (Lipinski definition) is 1. The third-order valence-electron chi connectivity index (χ3n) is 2.99. The van der Waals surface area contributed by atoms with E-state index in [0.717, 1.165) is 12.1 Å². The summed E-state index contributed by atoms with van der Waals surface area (Å²) in [5, 5.41) is 13.0. The summed E-state index contributed by atoms with van der Waals surface area (Å²) < 4.78 is 43.7. The van der Waals surface area contributed by atoms with Gasteiger partial charge in [0.1, 0.15) is 5.75 Å². The molecule has 25 heavy (non-hydrogen) atoms. The van der Waals surface area contributed by atoms with Gasteiger partial charge in [-0.1, -0.05) is 12.1 Å². The van der Waals surface area contributed by atoms with Crippen molar-refractivity contribution >= 4 is 33.2 Å². The maximum Gasteiger partial charge on any atom is 0.419 e. The molecule has 0 bridgehead atoms. The van der Waals surface area contributed by atoms with Gasteiger partial charge < -0.3 is 10.1 Å². The number of amides is 1. The number of nitro groups is 1. The van der Waals surface area contributed by atoms with Crippen LogP contribution in [0.15, 0.2) is 46.9 Å².